The zero-order valence-corrected chi connectivity index (χ0v) is 6.60. The summed E-state index contributed by atoms with van der Waals surface area (Å²) in [5, 5.41) is 9.44. The molecule has 0 spiro atoms. The molecule has 1 aromatic heterocycles. The Labute approximate surface area is 69.1 Å². The van der Waals surface area contributed by atoms with E-state index in [-0.39, 0.29) is 11.7 Å². The lowest BCUT2D eigenvalue weighted by Gasteiger charge is -2.15. The van der Waals surface area contributed by atoms with E-state index >= 15 is 0 Å². The first kappa shape index (κ1) is 7.27. The van der Waals surface area contributed by atoms with Gasteiger partial charge in [0.2, 0.25) is 0 Å². The number of allylic oxidation sites excluding steroid dienone is 2. The average molecular weight is 166 g/mol. The second kappa shape index (κ2) is 2.92. The van der Waals surface area contributed by atoms with E-state index in [0.29, 0.717) is 0 Å². The Balaban J connectivity index is 2.25. The Morgan fingerprint density at radius 2 is 2.50 bits per heavy atom. The van der Waals surface area contributed by atoms with E-state index in [2.05, 4.69) is 27.7 Å². The molecule has 2 rings (SSSR count). The Kier molecular flexibility index (Phi) is 1.77. The SMILES string of the molecule is O=c1[nH]nnn1C1CC=CCC1. The van der Waals surface area contributed by atoms with E-state index < -0.39 is 0 Å². The standard InChI is InChI=1S/C7H10N4O/c12-7-8-9-10-11(7)6-4-2-1-3-5-6/h1-2,6H,3-5H2,(H,8,10,12). The van der Waals surface area contributed by atoms with Crippen molar-refractivity contribution in [3.63, 3.8) is 0 Å². The molecule has 12 heavy (non-hydrogen) atoms. The monoisotopic (exact) mass is 166 g/mol. The molecule has 5 nitrogen and oxygen atoms in total. The molecule has 1 aromatic rings. The van der Waals surface area contributed by atoms with Crippen LogP contribution in [-0.4, -0.2) is 20.2 Å². The number of hydrogen-bond donors (Lipinski definition) is 1. The summed E-state index contributed by atoms with van der Waals surface area (Å²) < 4.78 is 1.42. The van der Waals surface area contributed by atoms with Gasteiger partial charge in [-0.15, -0.1) is 0 Å². The molecule has 0 fully saturated rings. The van der Waals surface area contributed by atoms with Crippen LogP contribution in [0.5, 0.6) is 0 Å². The van der Waals surface area contributed by atoms with Gasteiger partial charge in [-0.05, 0) is 29.7 Å². The van der Waals surface area contributed by atoms with Gasteiger partial charge in [-0.3, -0.25) is 0 Å². The van der Waals surface area contributed by atoms with E-state index in [1.807, 2.05) is 0 Å². The fraction of sp³-hybridized carbons (Fsp3) is 0.571. The maximum absolute atomic E-state index is 11.1. The van der Waals surface area contributed by atoms with Crippen molar-refractivity contribution in [3.05, 3.63) is 22.6 Å². The summed E-state index contributed by atoms with van der Waals surface area (Å²) in [6.07, 6.45) is 7.08. The molecule has 0 saturated carbocycles. The molecular formula is C7H10N4O. The highest BCUT2D eigenvalue weighted by Gasteiger charge is 2.14. The third kappa shape index (κ3) is 1.17. The highest BCUT2D eigenvalue weighted by Crippen LogP contribution is 2.20. The molecule has 0 bridgehead atoms. The Morgan fingerprint density at radius 3 is 3.08 bits per heavy atom. The third-order valence-electron chi connectivity index (χ3n) is 2.08. The molecule has 0 amide bonds. The zero-order chi connectivity index (χ0) is 8.39. The number of nitrogens with zero attached hydrogens (tertiary/aromatic N) is 3. The zero-order valence-electron chi connectivity index (χ0n) is 6.60. The van der Waals surface area contributed by atoms with Gasteiger partial charge in [0.15, 0.2) is 0 Å². The molecule has 5 heteroatoms. The number of H-pyrrole nitrogens is 1. The first-order valence-corrected chi connectivity index (χ1v) is 4.03. The molecule has 0 aliphatic heterocycles. The van der Waals surface area contributed by atoms with Crippen LogP contribution in [0.3, 0.4) is 0 Å². The van der Waals surface area contributed by atoms with Crippen molar-refractivity contribution < 1.29 is 0 Å². The minimum absolute atomic E-state index is 0.196. The van der Waals surface area contributed by atoms with Gasteiger partial charge < -0.3 is 0 Å². The van der Waals surface area contributed by atoms with Crippen LogP contribution in [0.4, 0.5) is 0 Å². The second-order valence-electron chi connectivity index (χ2n) is 2.89. The fourth-order valence-corrected chi connectivity index (χ4v) is 1.44. The van der Waals surface area contributed by atoms with E-state index in [1.165, 1.54) is 4.68 Å². The number of aromatic nitrogens is 4. The smallest absolute Gasteiger partial charge is 0.245 e. The molecule has 1 N–H and O–H groups in total. The molecule has 1 heterocycles. The molecule has 1 atom stereocenters. The number of rotatable bonds is 1. The average Bonchev–Trinajstić information content (AvgIpc) is 2.53. The molecule has 0 radical (unpaired) electrons. The topological polar surface area (TPSA) is 63.6 Å². The first-order valence-electron chi connectivity index (χ1n) is 4.03. The van der Waals surface area contributed by atoms with E-state index in [1.54, 1.807) is 0 Å². The van der Waals surface area contributed by atoms with Crippen LogP contribution in [0, 0.1) is 0 Å². The molecule has 1 unspecified atom stereocenters. The van der Waals surface area contributed by atoms with Crippen LogP contribution in [-0.2, 0) is 0 Å². The maximum atomic E-state index is 11.1. The predicted octanol–water partition coefficient (Wildman–Crippen LogP) is 0.248. The van der Waals surface area contributed by atoms with E-state index in [9.17, 15) is 4.79 Å². The summed E-state index contributed by atoms with van der Waals surface area (Å²) in [4.78, 5) is 11.1. The van der Waals surface area contributed by atoms with E-state index in [0.717, 1.165) is 19.3 Å². The minimum atomic E-state index is -0.213. The molecule has 64 valence electrons. The van der Waals surface area contributed by atoms with Crippen LogP contribution < -0.4 is 5.69 Å². The van der Waals surface area contributed by atoms with Crippen LogP contribution in [0.1, 0.15) is 25.3 Å². The van der Waals surface area contributed by atoms with Gasteiger partial charge in [0.1, 0.15) is 0 Å². The van der Waals surface area contributed by atoms with Gasteiger partial charge in [0, 0.05) is 0 Å². The van der Waals surface area contributed by atoms with Gasteiger partial charge in [-0.25, -0.2) is 9.89 Å². The van der Waals surface area contributed by atoms with Crippen molar-refractivity contribution >= 4 is 0 Å². The quantitative estimate of drug-likeness (QED) is 0.608. The summed E-state index contributed by atoms with van der Waals surface area (Å²) in [6.45, 7) is 0. The normalized spacial score (nSPS) is 22.8. The van der Waals surface area contributed by atoms with Crippen molar-refractivity contribution in [3.8, 4) is 0 Å². The molecule has 0 aromatic carbocycles. The van der Waals surface area contributed by atoms with Crippen LogP contribution in [0.25, 0.3) is 0 Å². The van der Waals surface area contributed by atoms with Crippen LogP contribution in [0.2, 0.25) is 0 Å². The van der Waals surface area contributed by atoms with Crippen molar-refractivity contribution in [1.82, 2.24) is 20.2 Å². The highest BCUT2D eigenvalue weighted by atomic mass is 16.2. The third-order valence-corrected chi connectivity index (χ3v) is 2.08. The van der Waals surface area contributed by atoms with E-state index in [4.69, 9.17) is 0 Å². The fourth-order valence-electron chi connectivity index (χ4n) is 1.44. The number of tetrazole rings is 1. The van der Waals surface area contributed by atoms with Crippen molar-refractivity contribution in [2.75, 3.05) is 0 Å². The number of aromatic amines is 1. The molecular weight excluding hydrogens is 156 g/mol. The summed E-state index contributed by atoms with van der Waals surface area (Å²) in [5.74, 6) is 0. The maximum Gasteiger partial charge on any atom is 0.361 e. The van der Waals surface area contributed by atoms with Crippen LogP contribution >= 0.6 is 0 Å². The number of hydrogen-bond acceptors (Lipinski definition) is 3. The van der Waals surface area contributed by atoms with Crippen molar-refractivity contribution in [2.45, 2.75) is 25.3 Å². The number of nitrogens with one attached hydrogen (secondary N) is 1. The van der Waals surface area contributed by atoms with Gasteiger partial charge in [0.05, 0.1) is 6.04 Å². The van der Waals surface area contributed by atoms with Gasteiger partial charge >= 0.3 is 5.69 Å². The first-order chi connectivity index (χ1) is 5.88. The molecule has 1 aliphatic rings. The summed E-state index contributed by atoms with van der Waals surface area (Å²) >= 11 is 0. The summed E-state index contributed by atoms with van der Waals surface area (Å²) in [6, 6.07) is 0.196. The Bertz CT molecular complexity index is 337. The van der Waals surface area contributed by atoms with Gasteiger partial charge in [-0.2, -0.15) is 4.68 Å². The largest absolute Gasteiger partial charge is 0.361 e. The lowest BCUT2D eigenvalue weighted by Crippen LogP contribution is -2.24. The second-order valence-corrected chi connectivity index (χ2v) is 2.89. The van der Waals surface area contributed by atoms with Gasteiger partial charge in [-0.1, -0.05) is 12.2 Å². The van der Waals surface area contributed by atoms with Crippen LogP contribution in [0.15, 0.2) is 16.9 Å². The van der Waals surface area contributed by atoms with Crippen molar-refractivity contribution in [1.29, 1.82) is 0 Å². The Morgan fingerprint density at radius 1 is 1.58 bits per heavy atom. The van der Waals surface area contributed by atoms with Gasteiger partial charge in [0.25, 0.3) is 0 Å². The summed E-state index contributed by atoms with van der Waals surface area (Å²) in [7, 11) is 0. The highest BCUT2D eigenvalue weighted by molar-refractivity contribution is 4.91. The minimum Gasteiger partial charge on any atom is -0.245 e. The lowest BCUT2D eigenvalue weighted by atomic mass is 10.0. The Hall–Kier alpha value is -1.39. The molecule has 0 saturated heterocycles. The summed E-state index contributed by atoms with van der Waals surface area (Å²) in [5.41, 5.74) is -0.213. The predicted molar refractivity (Wildman–Crippen MR) is 42.7 cm³/mol. The molecule has 1 aliphatic carbocycles. The lowest BCUT2D eigenvalue weighted by molar-refractivity contribution is 0.401. The van der Waals surface area contributed by atoms with Crippen molar-refractivity contribution in [2.24, 2.45) is 0 Å².